The normalized spacial score (nSPS) is 17.3. The molecule has 0 radical (unpaired) electrons. The van der Waals surface area contributed by atoms with Crippen molar-refractivity contribution in [3.8, 4) is 28.7 Å². The third kappa shape index (κ3) is 3.53. The Labute approximate surface area is 181 Å². The molecule has 1 N–H and O–H groups in total. The van der Waals surface area contributed by atoms with Gasteiger partial charge in [0.1, 0.15) is 5.75 Å². The average Bonchev–Trinajstić information content (AvgIpc) is 3.25. The Bertz CT molecular complexity index is 1100. The molecule has 0 fully saturated rings. The van der Waals surface area contributed by atoms with E-state index in [1.54, 1.807) is 20.3 Å². The Morgan fingerprint density at radius 3 is 2.42 bits per heavy atom. The van der Waals surface area contributed by atoms with E-state index in [4.69, 9.17) is 18.9 Å². The van der Waals surface area contributed by atoms with Gasteiger partial charge in [-0.3, -0.25) is 4.90 Å². The van der Waals surface area contributed by atoms with Crippen LogP contribution in [-0.4, -0.2) is 37.6 Å². The van der Waals surface area contributed by atoms with E-state index in [0.717, 1.165) is 30.0 Å². The standard InChI is InChI=1S/C25H25NO5/c1-28-21-10-17-8-9-26(14-18-11-23-24(13-20(18)27)31-15-30-23)25(16-6-4-3-5-7-16)19(17)12-22(21)29-2/h3-7,10-13,25,27H,8-9,14-15H2,1-2H3. The van der Waals surface area contributed by atoms with Crippen molar-refractivity contribution in [3.63, 3.8) is 0 Å². The minimum atomic E-state index is 0.0228. The zero-order valence-corrected chi connectivity index (χ0v) is 17.6. The van der Waals surface area contributed by atoms with E-state index in [-0.39, 0.29) is 18.6 Å². The Kier molecular flexibility index (Phi) is 5.08. The highest BCUT2D eigenvalue weighted by Gasteiger charge is 2.31. The SMILES string of the molecule is COc1cc2c(cc1OC)C(c1ccccc1)N(Cc1cc3c(cc1O)OCO3)CC2. The molecule has 0 spiro atoms. The van der Waals surface area contributed by atoms with Crippen LogP contribution in [0.1, 0.15) is 28.3 Å². The van der Waals surface area contributed by atoms with Crippen LogP contribution >= 0.6 is 0 Å². The van der Waals surface area contributed by atoms with E-state index >= 15 is 0 Å². The van der Waals surface area contributed by atoms with E-state index in [9.17, 15) is 5.11 Å². The fourth-order valence-corrected chi connectivity index (χ4v) is 4.51. The molecule has 0 aliphatic carbocycles. The van der Waals surface area contributed by atoms with Crippen LogP contribution in [-0.2, 0) is 13.0 Å². The lowest BCUT2D eigenvalue weighted by molar-refractivity contribution is 0.173. The maximum atomic E-state index is 10.6. The summed E-state index contributed by atoms with van der Waals surface area (Å²) in [6, 6.07) is 18.1. The van der Waals surface area contributed by atoms with Crippen molar-refractivity contribution in [1.82, 2.24) is 4.90 Å². The van der Waals surface area contributed by atoms with Gasteiger partial charge in [0.05, 0.1) is 20.3 Å². The molecule has 0 aromatic heterocycles. The second kappa shape index (κ2) is 8.04. The minimum Gasteiger partial charge on any atom is -0.507 e. The molecule has 6 nitrogen and oxygen atoms in total. The van der Waals surface area contributed by atoms with Gasteiger partial charge in [0.15, 0.2) is 23.0 Å². The zero-order chi connectivity index (χ0) is 21.4. The number of phenols is 1. The third-order valence-corrected chi connectivity index (χ3v) is 6.04. The van der Waals surface area contributed by atoms with Gasteiger partial charge in [0, 0.05) is 24.7 Å². The first-order valence-corrected chi connectivity index (χ1v) is 10.3. The minimum absolute atomic E-state index is 0.0228. The molecule has 160 valence electrons. The van der Waals surface area contributed by atoms with Crippen LogP contribution in [0.3, 0.4) is 0 Å². The van der Waals surface area contributed by atoms with Crippen molar-refractivity contribution in [3.05, 3.63) is 76.9 Å². The second-order valence-corrected chi connectivity index (χ2v) is 7.77. The lowest BCUT2D eigenvalue weighted by atomic mass is 9.87. The molecule has 0 saturated heterocycles. The van der Waals surface area contributed by atoms with Gasteiger partial charge in [-0.05, 0) is 41.3 Å². The van der Waals surface area contributed by atoms with Crippen molar-refractivity contribution in [2.75, 3.05) is 27.6 Å². The maximum absolute atomic E-state index is 10.6. The van der Waals surface area contributed by atoms with Crippen LogP contribution in [0, 0.1) is 0 Å². The maximum Gasteiger partial charge on any atom is 0.231 e. The molecule has 1 atom stereocenters. The molecule has 1 unspecified atom stereocenters. The molecule has 5 rings (SSSR count). The number of aromatic hydroxyl groups is 1. The van der Waals surface area contributed by atoms with Gasteiger partial charge >= 0.3 is 0 Å². The summed E-state index contributed by atoms with van der Waals surface area (Å²) < 4.78 is 22.0. The number of rotatable bonds is 5. The largest absolute Gasteiger partial charge is 0.507 e. The van der Waals surface area contributed by atoms with Crippen LogP contribution in [0.15, 0.2) is 54.6 Å². The number of benzene rings is 3. The first kappa shape index (κ1) is 19.6. The average molecular weight is 419 g/mol. The van der Waals surface area contributed by atoms with E-state index in [2.05, 4.69) is 41.3 Å². The van der Waals surface area contributed by atoms with Gasteiger partial charge < -0.3 is 24.1 Å². The molecule has 0 saturated carbocycles. The molecule has 3 aromatic rings. The summed E-state index contributed by atoms with van der Waals surface area (Å²) in [6.45, 7) is 1.61. The number of nitrogens with zero attached hydrogens (tertiary/aromatic N) is 1. The van der Waals surface area contributed by atoms with Gasteiger partial charge in [-0.25, -0.2) is 0 Å². The number of methoxy groups -OCH3 is 2. The number of phenolic OH excluding ortho intramolecular Hbond substituents is 1. The Morgan fingerprint density at radius 2 is 1.68 bits per heavy atom. The van der Waals surface area contributed by atoms with Gasteiger partial charge in [0.2, 0.25) is 6.79 Å². The summed E-state index contributed by atoms with van der Waals surface area (Å²) in [5, 5.41) is 10.6. The van der Waals surface area contributed by atoms with E-state index < -0.39 is 0 Å². The van der Waals surface area contributed by atoms with E-state index in [0.29, 0.717) is 18.0 Å². The van der Waals surface area contributed by atoms with Crippen molar-refractivity contribution in [1.29, 1.82) is 0 Å². The summed E-state index contributed by atoms with van der Waals surface area (Å²) in [6.07, 6.45) is 0.879. The molecule has 0 bridgehead atoms. The van der Waals surface area contributed by atoms with Crippen LogP contribution in [0.4, 0.5) is 0 Å². The first-order chi connectivity index (χ1) is 15.2. The molecule has 31 heavy (non-hydrogen) atoms. The summed E-state index contributed by atoms with van der Waals surface area (Å²) in [7, 11) is 3.32. The number of hydrogen-bond donors (Lipinski definition) is 1. The zero-order valence-electron chi connectivity index (χ0n) is 17.6. The van der Waals surface area contributed by atoms with E-state index in [1.165, 1.54) is 16.7 Å². The lowest BCUT2D eigenvalue weighted by Crippen LogP contribution is -2.35. The number of hydrogen-bond acceptors (Lipinski definition) is 6. The van der Waals surface area contributed by atoms with Crippen LogP contribution in [0.5, 0.6) is 28.7 Å². The molecular formula is C25H25NO5. The van der Waals surface area contributed by atoms with Crippen molar-refractivity contribution in [2.24, 2.45) is 0 Å². The third-order valence-electron chi connectivity index (χ3n) is 6.04. The summed E-state index contributed by atoms with van der Waals surface area (Å²) >= 11 is 0. The summed E-state index contributed by atoms with van der Waals surface area (Å²) in [5.41, 5.74) is 4.44. The number of fused-ring (bicyclic) bond motifs is 2. The van der Waals surface area contributed by atoms with Crippen LogP contribution in [0.25, 0.3) is 0 Å². The summed E-state index contributed by atoms with van der Waals surface area (Å²) in [5.74, 6) is 2.94. The molecule has 6 heteroatoms. The summed E-state index contributed by atoms with van der Waals surface area (Å²) in [4.78, 5) is 2.38. The van der Waals surface area contributed by atoms with Crippen molar-refractivity contribution < 1.29 is 24.1 Å². The molecule has 3 aromatic carbocycles. The lowest BCUT2D eigenvalue weighted by Gasteiger charge is -2.38. The molecule has 0 amide bonds. The molecular weight excluding hydrogens is 394 g/mol. The Balaban J connectivity index is 1.57. The fraction of sp³-hybridized carbons (Fsp3) is 0.280. The Hall–Kier alpha value is -3.38. The van der Waals surface area contributed by atoms with Crippen molar-refractivity contribution in [2.45, 2.75) is 19.0 Å². The predicted octanol–water partition coefficient (Wildman–Crippen LogP) is 4.29. The highest BCUT2D eigenvalue weighted by Crippen LogP contribution is 2.43. The number of ether oxygens (including phenoxy) is 4. The fourth-order valence-electron chi connectivity index (χ4n) is 4.51. The highest BCUT2D eigenvalue weighted by atomic mass is 16.7. The topological polar surface area (TPSA) is 60.4 Å². The molecule has 2 aliphatic rings. The first-order valence-electron chi connectivity index (χ1n) is 10.3. The van der Waals surface area contributed by atoms with Gasteiger partial charge in [0.25, 0.3) is 0 Å². The smallest absolute Gasteiger partial charge is 0.231 e. The van der Waals surface area contributed by atoms with Gasteiger partial charge in [-0.1, -0.05) is 30.3 Å². The second-order valence-electron chi connectivity index (χ2n) is 7.77. The van der Waals surface area contributed by atoms with Crippen molar-refractivity contribution >= 4 is 0 Å². The van der Waals surface area contributed by atoms with Gasteiger partial charge in [-0.2, -0.15) is 0 Å². The highest BCUT2D eigenvalue weighted by molar-refractivity contribution is 5.53. The predicted molar refractivity (Wildman–Crippen MR) is 116 cm³/mol. The monoisotopic (exact) mass is 419 g/mol. The Morgan fingerprint density at radius 1 is 0.968 bits per heavy atom. The quantitative estimate of drug-likeness (QED) is 0.666. The van der Waals surface area contributed by atoms with Crippen LogP contribution in [0.2, 0.25) is 0 Å². The van der Waals surface area contributed by atoms with E-state index in [1.807, 2.05) is 12.1 Å². The van der Waals surface area contributed by atoms with Crippen LogP contribution < -0.4 is 18.9 Å². The molecule has 2 aliphatic heterocycles. The van der Waals surface area contributed by atoms with Gasteiger partial charge in [-0.15, -0.1) is 0 Å². The molecule has 2 heterocycles.